The molecule has 3 rings (SSSR count). The summed E-state index contributed by atoms with van der Waals surface area (Å²) in [6.45, 7) is 0.482. The number of benzene rings is 2. The molecule has 0 N–H and O–H groups in total. The first kappa shape index (κ1) is 14.4. The molecule has 0 spiro atoms. The van der Waals surface area contributed by atoms with Crippen LogP contribution < -0.4 is 4.74 Å². The number of nitrogens with zero attached hydrogens (tertiary/aromatic N) is 1. The number of alkyl halides is 1. The standard InChI is InChI=1S/C17H13BrClNO/c18-15-6-3-4-12(10-19)17(15)21-11-13-8-9-20-16-7-2-1-5-14(13)16/h1-9H,10-11H2. The quantitative estimate of drug-likeness (QED) is 0.586. The molecule has 0 saturated carbocycles. The fourth-order valence-electron chi connectivity index (χ4n) is 2.25. The number of halogens is 2. The van der Waals surface area contributed by atoms with E-state index in [1.165, 1.54) is 0 Å². The second kappa shape index (κ2) is 6.46. The molecule has 4 heteroatoms. The first-order valence-corrected chi connectivity index (χ1v) is 7.91. The molecule has 1 heterocycles. The van der Waals surface area contributed by atoms with Crippen molar-refractivity contribution >= 4 is 38.4 Å². The van der Waals surface area contributed by atoms with Crippen LogP contribution >= 0.6 is 27.5 Å². The highest BCUT2D eigenvalue weighted by Crippen LogP contribution is 2.31. The van der Waals surface area contributed by atoms with Gasteiger partial charge in [-0.2, -0.15) is 0 Å². The zero-order valence-electron chi connectivity index (χ0n) is 11.2. The number of hydrogen-bond donors (Lipinski definition) is 0. The van der Waals surface area contributed by atoms with E-state index in [2.05, 4.69) is 27.0 Å². The third-order valence-electron chi connectivity index (χ3n) is 3.30. The van der Waals surface area contributed by atoms with Crippen molar-refractivity contribution in [1.82, 2.24) is 4.98 Å². The lowest BCUT2D eigenvalue weighted by atomic mass is 10.1. The fraction of sp³-hybridized carbons (Fsp3) is 0.118. The zero-order valence-corrected chi connectivity index (χ0v) is 13.6. The van der Waals surface area contributed by atoms with Crippen LogP contribution in [0.5, 0.6) is 5.75 Å². The van der Waals surface area contributed by atoms with Gasteiger partial charge in [0.25, 0.3) is 0 Å². The van der Waals surface area contributed by atoms with Crippen molar-refractivity contribution in [3.05, 3.63) is 70.3 Å². The summed E-state index contributed by atoms with van der Waals surface area (Å²) in [5, 5.41) is 1.11. The van der Waals surface area contributed by atoms with Gasteiger partial charge in [-0.3, -0.25) is 4.98 Å². The average Bonchev–Trinajstić information content (AvgIpc) is 2.53. The number of aromatic nitrogens is 1. The maximum atomic E-state index is 5.99. The number of fused-ring (bicyclic) bond motifs is 1. The van der Waals surface area contributed by atoms with Gasteiger partial charge in [0.15, 0.2) is 0 Å². The molecule has 0 atom stereocenters. The number of ether oxygens (including phenoxy) is 1. The van der Waals surface area contributed by atoms with Crippen molar-refractivity contribution in [2.45, 2.75) is 12.5 Å². The lowest BCUT2D eigenvalue weighted by Crippen LogP contribution is -2.00. The van der Waals surface area contributed by atoms with Gasteiger partial charge in [-0.05, 0) is 34.1 Å². The average molecular weight is 363 g/mol. The van der Waals surface area contributed by atoms with Crippen LogP contribution in [0.1, 0.15) is 11.1 Å². The fourth-order valence-corrected chi connectivity index (χ4v) is 2.98. The SMILES string of the molecule is ClCc1cccc(Br)c1OCc1ccnc2ccccc12. The molecule has 3 aromatic rings. The summed E-state index contributed by atoms with van der Waals surface area (Å²) in [7, 11) is 0. The topological polar surface area (TPSA) is 22.1 Å². The van der Waals surface area contributed by atoms with Gasteiger partial charge in [0.2, 0.25) is 0 Å². The van der Waals surface area contributed by atoms with E-state index in [4.69, 9.17) is 16.3 Å². The van der Waals surface area contributed by atoms with Gasteiger partial charge in [0.05, 0.1) is 15.9 Å². The third-order valence-corrected chi connectivity index (χ3v) is 4.22. The minimum Gasteiger partial charge on any atom is -0.487 e. The Morgan fingerprint density at radius 3 is 2.71 bits per heavy atom. The largest absolute Gasteiger partial charge is 0.487 e. The van der Waals surface area contributed by atoms with Crippen molar-refractivity contribution < 1.29 is 4.74 Å². The summed E-state index contributed by atoms with van der Waals surface area (Å²) in [5.74, 6) is 1.22. The van der Waals surface area contributed by atoms with Crippen LogP contribution in [-0.4, -0.2) is 4.98 Å². The van der Waals surface area contributed by atoms with Gasteiger partial charge in [0, 0.05) is 22.7 Å². The van der Waals surface area contributed by atoms with Crippen LogP contribution in [0, 0.1) is 0 Å². The van der Waals surface area contributed by atoms with Crippen molar-refractivity contribution in [1.29, 1.82) is 0 Å². The van der Waals surface area contributed by atoms with Crippen LogP contribution in [0.25, 0.3) is 10.9 Å². The van der Waals surface area contributed by atoms with Crippen molar-refractivity contribution in [3.63, 3.8) is 0 Å². The molecular weight excluding hydrogens is 350 g/mol. The second-order valence-corrected chi connectivity index (χ2v) is 5.76. The predicted octanol–water partition coefficient (Wildman–Crippen LogP) is 5.32. The first-order chi connectivity index (χ1) is 10.3. The summed E-state index contributed by atoms with van der Waals surface area (Å²) < 4.78 is 6.91. The molecule has 0 aliphatic heterocycles. The highest BCUT2D eigenvalue weighted by molar-refractivity contribution is 9.10. The van der Waals surface area contributed by atoms with E-state index in [1.54, 1.807) is 0 Å². The lowest BCUT2D eigenvalue weighted by Gasteiger charge is -2.13. The number of pyridine rings is 1. The van der Waals surface area contributed by atoms with Gasteiger partial charge in [-0.15, -0.1) is 11.6 Å². The van der Waals surface area contributed by atoms with E-state index in [9.17, 15) is 0 Å². The Balaban J connectivity index is 1.91. The van der Waals surface area contributed by atoms with E-state index in [0.29, 0.717) is 12.5 Å². The van der Waals surface area contributed by atoms with Crippen molar-refractivity contribution in [2.75, 3.05) is 0 Å². The maximum Gasteiger partial charge on any atom is 0.138 e. The summed E-state index contributed by atoms with van der Waals surface area (Å²) in [5.41, 5.74) is 3.06. The summed E-state index contributed by atoms with van der Waals surface area (Å²) in [6, 6.07) is 15.9. The second-order valence-electron chi connectivity index (χ2n) is 4.64. The molecule has 0 amide bonds. The molecular formula is C17H13BrClNO. The summed E-state index contributed by atoms with van der Waals surface area (Å²) in [6.07, 6.45) is 1.81. The van der Waals surface area contributed by atoms with Crippen LogP contribution in [0.4, 0.5) is 0 Å². The van der Waals surface area contributed by atoms with E-state index in [0.717, 1.165) is 32.3 Å². The normalized spacial score (nSPS) is 10.8. The molecule has 1 aromatic heterocycles. The van der Waals surface area contributed by atoms with Crippen LogP contribution in [0.15, 0.2) is 59.2 Å². The Morgan fingerprint density at radius 1 is 1.00 bits per heavy atom. The van der Waals surface area contributed by atoms with E-state index < -0.39 is 0 Å². The van der Waals surface area contributed by atoms with Crippen molar-refractivity contribution in [2.24, 2.45) is 0 Å². The first-order valence-electron chi connectivity index (χ1n) is 6.58. The molecule has 0 unspecified atom stereocenters. The lowest BCUT2D eigenvalue weighted by molar-refractivity contribution is 0.303. The minimum atomic E-state index is 0.422. The highest BCUT2D eigenvalue weighted by atomic mass is 79.9. The monoisotopic (exact) mass is 361 g/mol. The molecule has 0 aliphatic carbocycles. The highest BCUT2D eigenvalue weighted by Gasteiger charge is 2.09. The van der Waals surface area contributed by atoms with Gasteiger partial charge >= 0.3 is 0 Å². The van der Waals surface area contributed by atoms with Gasteiger partial charge in [0.1, 0.15) is 12.4 Å². The van der Waals surface area contributed by atoms with E-state index >= 15 is 0 Å². The summed E-state index contributed by atoms with van der Waals surface area (Å²) in [4.78, 5) is 4.36. The molecule has 21 heavy (non-hydrogen) atoms. The number of para-hydroxylation sites is 2. The predicted molar refractivity (Wildman–Crippen MR) is 89.8 cm³/mol. The molecule has 0 saturated heterocycles. The van der Waals surface area contributed by atoms with Crippen molar-refractivity contribution in [3.8, 4) is 5.75 Å². The Bertz CT molecular complexity index is 770. The van der Waals surface area contributed by atoms with E-state index in [1.807, 2.05) is 48.7 Å². The molecule has 0 radical (unpaired) electrons. The molecule has 0 aliphatic rings. The summed E-state index contributed by atoms with van der Waals surface area (Å²) >= 11 is 9.49. The molecule has 0 bridgehead atoms. The Hall–Kier alpha value is -1.58. The zero-order chi connectivity index (χ0) is 14.7. The van der Waals surface area contributed by atoms with E-state index in [-0.39, 0.29) is 0 Å². The molecule has 2 nitrogen and oxygen atoms in total. The third kappa shape index (κ3) is 3.04. The van der Waals surface area contributed by atoms with Gasteiger partial charge in [-0.25, -0.2) is 0 Å². The number of hydrogen-bond acceptors (Lipinski definition) is 2. The van der Waals surface area contributed by atoms with Crippen LogP contribution in [0.2, 0.25) is 0 Å². The molecule has 0 fully saturated rings. The smallest absolute Gasteiger partial charge is 0.138 e. The van der Waals surface area contributed by atoms with Gasteiger partial charge in [-0.1, -0.05) is 30.3 Å². The Labute approximate surface area is 136 Å². The van der Waals surface area contributed by atoms with Crippen LogP contribution in [-0.2, 0) is 12.5 Å². The molecule has 106 valence electrons. The van der Waals surface area contributed by atoms with Crippen LogP contribution in [0.3, 0.4) is 0 Å². The maximum absolute atomic E-state index is 5.99. The molecule has 2 aromatic carbocycles. The number of rotatable bonds is 4. The Kier molecular flexibility index (Phi) is 4.42. The Morgan fingerprint density at radius 2 is 1.86 bits per heavy atom. The van der Waals surface area contributed by atoms with Gasteiger partial charge < -0.3 is 4.74 Å². The minimum absolute atomic E-state index is 0.422.